The zero-order chi connectivity index (χ0) is 16.5. The van der Waals surface area contributed by atoms with Crippen LogP contribution in [0.1, 0.15) is 17.7 Å². The molecule has 0 aliphatic carbocycles. The van der Waals surface area contributed by atoms with Crippen LogP contribution >= 0.6 is 22.9 Å². The van der Waals surface area contributed by atoms with E-state index in [9.17, 15) is 0 Å². The van der Waals surface area contributed by atoms with Crippen molar-refractivity contribution in [3.05, 3.63) is 46.7 Å². The lowest BCUT2D eigenvalue weighted by Gasteiger charge is -2.34. The minimum absolute atomic E-state index is 0.0969. The molecule has 0 saturated carbocycles. The summed E-state index contributed by atoms with van der Waals surface area (Å²) in [6.45, 7) is 2.99. The summed E-state index contributed by atoms with van der Waals surface area (Å²) in [5.74, 6) is 1.96. The molecule has 0 amide bonds. The minimum Gasteiger partial charge on any atom is -0.378 e. The van der Waals surface area contributed by atoms with E-state index >= 15 is 0 Å². The monoisotopic (exact) mass is 363 g/mol. The molecule has 24 heavy (non-hydrogen) atoms. The van der Waals surface area contributed by atoms with Gasteiger partial charge in [0, 0.05) is 26.0 Å². The number of thiophene rings is 1. The maximum Gasteiger partial charge on any atom is 0.126 e. The lowest BCUT2D eigenvalue weighted by atomic mass is 10.2. The summed E-state index contributed by atoms with van der Waals surface area (Å²) >= 11 is 7.57. The second kappa shape index (κ2) is 6.68. The third-order valence-corrected chi connectivity index (χ3v) is 5.52. The number of hydrogen-bond acceptors (Lipinski definition) is 5. The van der Waals surface area contributed by atoms with Crippen LogP contribution in [0.5, 0.6) is 0 Å². The van der Waals surface area contributed by atoms with Crippen molar-refractivity contribution in [3.63, 3.8) is 0 Å². The van der Waals surface area contributed by atoms with Gasteiger partial charge in [0.25, 0.3) is 0 Å². The molecule has 0 radical (unpaired) electrons. The van der Waals surface area contributed by atoms with Crippen molar-refractivity contribution in [1.82, 2.24) is 24.4 Å². The van der Waals surface area contributed by atoms with E-state index < -0.39 is 0 Å². The lowest BCUT2D eigenvalue weighted by molar-refractivity contribution is -0.0170. The number of H-pyrrole nitrogens is 1. The van der Waals surface area contributed by atoms with E-state index in [4.69, 9.17) is 16.3 Å². The normalized spacial score (nSPS) is 19.0. The summed E-state index contributed by atoms with van der Waals surface area (Å²) in [5.41, 5.74) is 0.990. The molecule has 0 spiro atoms. The number of aryl methyl sites for hydroxylation is 1. The summed E-state index contributed by atoms with van der Waals surface area (Å²) in [5, 5.41) is 0. The van der Waals surface area contributed by atoms with E-state index in [1.807, 2.05) is 42.3 Å². The molecule has 4 heterocycles. The minimum atomic E-state index is 0.0969. The van der Waals surface area contributed by atoms with Gasteiger partial charge in [-0.2, -0.15) is 0 Å². The van der Waals surface area contributed by atoms with Crippen molar-refractivity contribution in [1.29, 1.82) is 0 Å². The molecule has 8 heteroatoms. The summed E-state index contributed by atoms with van der Waals surface area (Å²) in [4.78, 5) is 15.9. The van der Waals surface area contributed by atoms with Crippen molar-refractivity contribution >= 4 is 22.9 Å². The fraction of sp³-hybridized carbons (Fsp3) is 0.375. The molecule has 1 aliphatic rings. The summed E-state index contributed by atoms with van der Waals surface area (Å²) in [6, 6.07) is 4.01. The molecule has 3 aromatic heterocycles. The Morgan fingerprint density at radius 1 is 1.42 bits per heavy atom. The van der Waals surface area contributed by atoms with Gasteiger partial charge in [0.15, 0.2) is 0 Å². The van der Waals surface area contributed by atoms with Crippen LogP contribution in [0.25, 0.3) is 10.6 Å². The van der Waals surface area contributed by atoms with Crippen molar-refractivity contribution in [2.24, 2.45) is 7.05 Å². The summed E-state index contributed by atoms with van der Waals surface area (Å²) < 4.78 is 8.51. The molecule has 1 saturated heterocycles. The molecule has 4 rings (SSSR count). The van der Waals surface area contributed by atoms with Crippen molar-refractivity contribution in [2.45, 2.75) is 12.6 Å². The number of aromatic amines is 1. The Bertz CT molecular complexity index is 826. The Morgan fingerprint density at radius 2 is 2.33 bits per heavy atom. The number of nitrogens with one attached hydrogen (secondary N) is 1. The topological polar surface area (TPSA) is 59.0 Å². The van der Waals surface area contributed by atoms with Crippen LogP contribution in [0.4, 0.5) is 0 Å². The molecule has 0 unspecified atom stereocenters. The van der Waals surface area contributed by atoms with E-state index in [1.165, 1.54) is 0 Å². The first-order valence-corrected chi connectivity index (χ1v) is 8.99. The van der Waals surface area contributed by atoms with Crippen LogP contribution in [-0.4, -0.2) is 44.2 Å². The van der Waals surface area contributed by atoms with Crippen molar-refractivity contribution < 1.29 is 4.74 Å². The van der Waals surface area contributed by atoms with E-state index in [0.717, 1.165) is 46.3 Å². The van der Waals surface area contributed by atoms with Crippen LogP contribution in [0, 0.1) is 0 Å². The Labute approximate surface area is 149 Å². The Hall–Kier alpha value is -1.67. The molecule has 0 aromatic carbocycles. The second-order valence-electron chi connectivity index (χ2n) is 5.80. The second-order valence-corrected chi connectivity index (χ2v) is 7.52. The maximum absolute atomic E-state index is 6.03. The molecule has 126 valence electrons. The standard InChI is InChI=1S/C16H18ClN5OS/c1-21-5-4-18-15(21)9-22-6-7-23-10-12(22)16-19-8-11(20-16)13-2-3-14(17)24-13/h2-5,8,12H,6-7,9-10H2,1H3,(H,19,20)/t12-/m0/s1. The molecule has 1 atom stereocenters. The number of morpholine rings is 1. The summed E-state index contributed by atoms with van der Waals surface area (Å²) in [6.07, 6.45) is 5.66. The smallest absolute Gasteiger partial charge is 0.126 e. The number of halogens is 1. The number of aromatic nitrogens is 4. The predicted octanol–water partition coefficient (Wildman–Crippen LogP) is 3.10. The van der Waals surface area contributed by atoms with Crippen molar-refractivity contribution in [2.75, 3.05) is 19.8 Å². The average Bonchev–Trinajstić information content (AvgIpc) is 3.30. The zero-order valence-electron chi connectivity index (χ0n) is 13.3. The zero-order valence-corrected chi connectivity index (χ0v) is 14.8. The first kappa shape index (κ1) is 15.8. The van der Waals surface area contributed by atoms with Crippen LogP contribution < -0.4 is 0 Å². The summed E-state index contributed by atoms with van der Waals surface area (Å²) in [7, 11) is 2.02. The molecule has 6 nitrogen and oxygen atoms in total. The van der Waals surface area contributed by atoms with Gasteiger partial charge < -0.3 is 14.3 Å². The van der Waals surface area contributed by atoms with Gasteiger partial charge in [-0.15, -0.1) is 11.3 Å². The van der Waals surface area contributed by atoms with Gasteiger partial charge in [0.1, 0.15) is 11.6 Å². The SMILES string of the molecule is Cn1ccnc1CN1CCOC[C@H]1c1ncc(-c2ccc(Cl)s2)[nH]1. The Kier molecular flexibility index (Phi) is 4.41. The largest absolute Gasteiger partial charge is 0.378 e. The number of ether oxygens (including phenoxy) is 1. The van der Waals surface area contributed by atoms with Crippen LogP contribution in [-0.2, 0) is 18.3 Å². The first-order valence-electron chi connectivity index (χ1n) is 7.79. The van der Waals surface area contributed by atoms with Crippen LogP contribution in [0.15, 0.2) is 30.7 Å². The molecule has 1 N–H and O–H groups in total. The quantitative estimate of drug-likeness (QED) is 0.773. The number of hydrogen-bond donors (Lipinski definition) is 1. The fourth-order valence-corrected chi connectivity index (χ4v) is 3.91. The third kappa shape index (κ3) is 3.12. The van der Waals surface area contributed by atoms with Gasteiger partial charge in [-0.05, 0) is 12.1 Å². The molecule has 1 fully saturated rings. The van der Waals surface area contributed by atoms with Gasteiger partial charge in [0.05, 0.1) is 46.9 Å². The lowest BCUT2D eigenvalue weighted by Crippen LogP contribution is -2.40. The highest BCUT2D eigenvalue weighted by molar-refractivity contribution is 7.19. The number of rotatable bonds is 4. The molecule has 3 aromatic rings. The number of nitrogens with zero attached hydrogens (tertiary/aromatic N) is 4. The maximum atomic E-state index is 6.03. The highest BCUT2D eigenvalue weighted by Gasteiger charge is 2.28. The molecular formula is C16H18ClN5OS. The molecular weight excluding hydrogens is 346 g/mol. The first-order chi connectivity index (χ1) is 11.7. The highest BCUT2D eigenvalue weighted by Crippen LogP contribution is 2.31. The van der Waals surface area contributed by atoms with Crippen LogP contribution in [0.2, 0.25) is 4.34 Å². The van der Waals surface area contributed by atoms with E-state index in [1.54, 1.807) is 11.3 Å². The fourth-order valence-electron chi connectivity index (χ4n) is 2.90. The van der Waals surface area contributed by atoms with Gasteiger partial charge in [-0.3, -0.25) is 4.90 Å². The van der Waals surface area contributed by atoms with Gasteiger partial charge in [-0.1, -0.05) is 11.6 Å². The van der Waals surface area contributed by atoms with E-state index in [2.05, 4.69) is 19.9 Å². The Morgan fingerprint density at radius 3 is 3.08 bits per heavy atom. The number of imidazole rings is 2. The molecule has 0 bridgehead atoms. The third-order valence-electron chi connectivity index (χ3n) is 4.25. The molecule has 1 aliphatic heterocycles. The van der Waals surface area contributed by atoms with Crippen LogP contribution in [0.3, 0.4) is 0 Å². The predicted molar refractivity (Wildman–Crippen MR) is 94.1 cm³/mol. The van der Waals surface area contributed by atoms with Gasteiger partial charge >= 0.3 is 0 Å². The van der Waals surface area contributed by atoms with Gasteiger partial charge in [0.2, 0.25) is 0 Å². The average molecular weight is 364 g/mol. The van der Waals surface area contributed by atoms with E-state index in [-0.39, 0.29) is 6.04 Å². The highest BCUT2D eigenvalue weighted by atomic mass is 35.5. The van der Waals surface area contributed by atoms with Crippen molar-refractivity contribution in [3.8, 4) is 10.6 Å². The van der Waals surface area contributed by atoms with E-state index in [0.29, 0.717) is 6.61 Å². The Balaban J connectivity index is 1.56. The van der Waals surface area contributed by atoms with Gasteiger partial charge in [-0.25, -0.2) is 9.97 Å².